The first-order valence-electron chi connectivity index (χ1n) is 5.92. The number of rotatable bonds is 1. The van der Waals surface area contributed by atoms with Crippen LogP contribution in [0.15, 0.2) is 40.3 Å². The normalized spacial score (nSPS) is 30.5. The Bertz CT molecular complexity index is 455. The lowest BCUT2D eigenvalue weighted by Gasteiger charge is -2.31. The van der Waals surface area contributed by atoms with Gasteiger partial charge in [0.15, 0.2) is 5.76 Å². The van der Waals surface area contributed by atoms with Crippen LogP contribution in [0.5, 0.6) is 0 Å². The van der Waals surface area contributed by atoms with E-state index in [9.17, 15) is 0 Å². The van der Waals surface area contributed by atoms with E-state index >= 15 is 0 Å². The van der Waals surface area contributed by atoms with Gasteiger partial charge in [0, 0.05) is 11.0 Å². The van der Waals surface area contributed by atoms with Gasteiger partial charge in [0.05, 0.1) is 11.8 Å². The van der Waals surface area contributed by atoms with Crippen LogP contribution < -0.4 is 5.32 Å². The van der Waals surface area contributed by atoms with E-state index in [-0.39, 0.29) is 11.0 Å². The molecular weight excluding hydrogens is 212 g/mol. The predicted molar refractivity (Wildman–Crippen MR) is 70.7 cm³/mol. The summed E-state index contributed by atoms with van der Waals surface area (Å²) in [5.41, 5.74) is 2.05. The van der Waals surface area contributed by atoms with Crippen molar-refractivity contribution in [2.75, 3.05) is 7.05 Å². The predicted octanol–water partition coefficient (Wildman–Crippen LogP) is 2.78. The molecule has 1 aliphatic heterocycles. The molecule has 0 radical (unpaired) electrons. The van der Waals surface area contributed by atoms with Crippen molar-refractivity contribution in [3.8, 4) is 0 Å². The monoisotopic (exact) mass is 232 g/mol. The summed E-state index contributed by atoms with van der Waals surface area (Å²) in [5, 5.41) is 7.32. The molecule has 92 valence electrons. The van der Waals surface area contributed by atoms with Gasteiger partial charge in [-0.2, -0.15) is 0 Å². The van der Waals surface area contributed by atoms with E-state index in [1.165, 1.54) is 5.57 Å². The maximum absolute atomic E-state index is 5.45. The van der Waals surface area contributed by atoms with Gasteiger partial charge in [0.2, 0.25) is 0 Å². The molecule has 0 bridgehead atoms. The Morgan fingerprint density at radius 1 is 1.29 bits per heavy atom. The second-order valence-electron chi connectivity index (χ2n) is 5.48. The molecule has 0 saturated carbocycles. The first kappa shape index (κ1) is 12.1. The summed E-state index contributed by atoms with van der Waals surface area (Å²) in [4.78, 5) is 5.45. The van der Waals surface area contributed by atoms with E-state index in [4.69, 9.17) is 4.84 Å². The van der Waals surface area contributed by atoms with Crippen LogP contribution in [0, 0.1) is 5.41 Å². The zero-order chi connectivity index (χ0) is 12.7. The highest BCUT2D eigenvalue weighted by atomic mass is 16.6. The maximum Gasteiger partial charge on any atom is 0.164 e. The zero-order valence-corrected chi connectivity index (χ0v) is 11.2. The van der Waals surface area contributed by atoms with Gasteiger partial charge in [-0.3, -0.25) is 0 Å². The zero-order valence-electron chi connectivity index (χ0n) is 11.2. The minimum Gasteiger partial charge on any atom is -0.357 e. The van der Waals surface area contributed by atoms with Crippen LogP contribution in [-0.2, 0) is 4.84 Å². The summed E-state index contributed by atoms with van der Waals surface area (Å²) in [6, 6.07) is 0. The molecule has 17 heavy (non-hydrogen) atoms. The van der Waals surface area contributed by atoms with Crippen LogP contribution in [0.25, 0.3) is 0 Å². The van der Waals surface area contributed by atoms with Gasteiger partial charge in [0.25, 0.3) is 0 Å². The maximum atomic E-state index is 5.45. The van der Waals surface area contributed by atoms with E-state index in [1.807, 2.05) is 13.3 Å². The number of oxime groups is 1. The fourth-order valence-electron chi connectivity index (χ4n) is 2.04. The third kappa shape index (κ3) is 2.07. The molecule has 1 aliphatic carbocycles. The topological polar surface area (TPSA) is 33.6 Å². The molecule has 0 spiro atoms. The van der Waals surface area contributed by atoms with Gasteiger partial charge in [-0.1, -0.05) is 37.2 Å². The van der Waals surface area contributed by atoms with Crippen LogP contribution in [0.1, 0.15) is 27.7 Å². The first-order valence-corrected chi connectivity index (χ1v) is 5.92. The molecule has 1 atom stereocenters. The lowest BCUT2D eigenvalue weighted by Crippen LogP contribution is -2.37. The molecular formula is C14H20N2O. The van der Waals surface area contributed by atoms with Crippen LogP contribution in [0.4, 0.5) is 0 Å². The number of nitrogens with zero attached hydrogens (tertiary/aromatic N) is 1. The summed E-state index contributed by atoms with van der Waals surface area (Å²) in [6.45, 7) is 8.51. The highest BCUT2D eigenvalue weighted by Gasteiger charge is 2.34. The summed E-state index contributed by atoms with van der Waals surface area (Å²) in [5.74, 6) is 0.882. The van der Waals surface area contributed by atoms with Crippen molar-refractivity contribution >= 4 is 6.21 Å². The Morgan fingerprint density at radius 2 is 2.00 bits per heavy atom. The number of hydrogen-bond acceptors (Lipinski definition) is 3. The number of nitrogens with one attached hydrogen (secondary N) is 1. The summed E-state index contributed by atoms with van der Waals surface area (Å²) < 4.78 is 0. The summed E-state index contributed by atoms with van der Waals surface area (Å²) >= 11 is 0. The molecule has 2 rings (SSSR count). The number of fused-ring (bicyclic) bond motifs is 1. The van der Waals surface area contributed by atoms with E-state index < -0.39 is 0 Å². The average Bonchev–Trinajstić information content (AvgIpc) is 2.40. The number of likely N-dealkylation sites (N-methyl/N-ethyl adjacent to an activating group) is 1. The average molecular weight is 232 g/mol. The molecule has 2 aliphatic rings. The Labute approximate surface area is 103 Å². The molecule has 0 saturated heterocycles. The fourth-order valence-corrected chi connectivity index (χ4v) is 2.04. The lowest BCUT2D eigenvalue weighted by atomic mass is 9.80. The smallest absolute Gasteiger partial charge is 0.164 e. The largest absolute Gasteiger partial charge is 0.357 e. The van der Waals surface area contributed by atoms with Gasteiger partial charge >= 0.3 is 0 Å². The van der Waals surface area contributed by atoms with Crippen LogP contribution in [-0.4, -0.2) is 18.8 Å². The van der Waals surface area contributed by atoms with Crippen molar-refractivity contribution in [3.63, 3.8) is 0 Å². The molecule has 0 fully saturated rings. The SMILES string of the molecule is CNC1(C)C=CC(C)=C2ON=CC(C)(C)C2=C1. The Morgan fingerprint density at radius 3 is 2.65 bits per heavy atom. The Balaban J connectivity index is 2.61. The quantitative estimate of drug-likeness (QED) is 0.754. The third-order valence-corrected chi connectivity index (χ3v) is 3.48. The van der Waals surface area contributed by atoms with Crippen molar-refractivity contribution in [2.45, 2.75) is 33.2 Å². The highest BCUT2D eigenvalue weighted by Crippen LogP contribution is 2.39. The molecule has 3 nitrogen and oxygen atoms in total. The summed E-state index contributed by atoms with van der Waals surface area (Å²) in [7, 11) is 1.96. The Hall–Kier alpha value is -1.35. The van der Waals surface area contributed by atoms with E-state index in [0.29, 0.717) is 0 Å². The van der Waals surface area contributed by atoms with Crippen molar-refractivity contribution in [1.82, 2.24) is 5.32 Å². The first-order chi connectivity index (χ1) is 7.88. The highest BCUT2D eigenvalue weighted by molar-refractivity contribution is 5.73. The van der Waals surface area contributed by atoms with Gasteiger partial charge in [-0.05, 0) is 26.5 Å². The second-order valence-corrected chi connectivity index (χ2v) is 5.48. The van der Waals surface area contributed by atoms with Gasteiger partial charge in [-0.15, -0.1) is 0 Å². The van der Waals surface area contributed by atoms with Crippen LogP contribution in [0.2, 0.25) is 0 Å². The van der Waals surface area contributed by atoms with Crippen molar-refractivity contribution < 1.29 is 4.84 Å². The summed E-state index contributed by atoms with van der Waals surface area (Å²) in [6.07, 6.45) is 8.32. The second kappa shape index (κ2) is 3.84. The molecule has 3 heteroatoms. The fraction of sp³-hybridized carbons (Fsp3) is 0.500. The Kier molecular flexibility index (Phi) is 2.74. The molecule has 0 aromatic rings. The molecule has 0 amide bonds. The minimum atomic E-state index is -0.149. The number of hydrogen-bond donors (Lipinski definition) is 1. The van der Waals surface area contributed by atoms with E-state index in [1.54, 1.807) is 0 Å². The van der Waals surface area contributed by atoms with Gasteiger partial charge in [0.1, 0.15) is 0 Å². The standard InChI is InChI=1S/C14H20N2O/c1-10-6-7-14(4,15-5)8-11-12(10)17-16-9-13(11,2)3/h6-9,15H,1-5H3. The molecule has 0 aromatic heterocycles. The van der Waals surface area contributed by atoms with E-state index in [2.05, 4.69) is 56.4 Å². The molecule has 1 heterocycles. The third-order valence-electron chi connectivity index (χ3n) is 3.48. The van der Waals surface area contributed by atoms with E-state index in [0.717, 1.165) is 11.3 Å². The van der Waals surface area contributed by atoms with Crippen molar-refractivity contribution in [2.24, 2.45) is 10.6 Å². The molecule has 0 aromatic carbocycles. The van der Waals surface area contributed by atoms with Crippen LogP contribution >= 0.6 is 0 Å². The molecule has 1 unspecified atom stereocenters. The number of allylic oxidation sites excluding steroid dienone is 3. The van der Waals surface area contributed by atoms with Crippen molar-refractivity contribution in [3.05, 3.63) is 35.1 Å². The van der Waals surface area contributed by atoms with Gasteiger partial charge in [-0.25, -0.2) is 0 Å². The van der Waals surface area contributed by atoms with Gasteiger partial charge < -0.3 is 10.2 Å². The minimum absolute atomic E-state index is 0.0982. The molecule has 1 N–H and O–H groups in total. The van der Waals surface area contributed by atoms with Crippen molar-refractivity contribution in [1.29, 1.82) is 0 Å². The lowest BCUT2D eigenvalue weighted by molar-refractivity contribution is 0.210. The van der Waals surface area contributed by atoms with Crippen LogP contribution in [0.3, 0.4) is 0 Å².